The van der Waals surface area contributed by atoms with Crippen LogP contribution in [-0.4, -0.2) is 13.2 Å². The number of unbranched alkanes of at least 4 members (excludes halogenated alkanes) is 13. The Bertz CT molecular complexity index is 318. The van der Waals surface area contributed by atoms with E-state index in [9.17, 15) is 9.46 Å². The molecule has 5 nitrogen and oxygen atoms in total. The Morgan fingerprint density at radius 2 is 1.08 bits per heavy atom. The molecule has 7 heteroatoms. The van der Waals surface area contributed by atoms with Gasteiger partial charge in [0, 0.05) is 0 Å². The van der Waals surface area contributed by atoms with Crippen molar-refractivity contribution in [3.8, 4) is 0 Å². The van der Waals surface area contributed by atoms with Crippen LogP contribution in [0.15, 0.2) is 0 Å². The number of hydrogen-bond donors (Lipinski definition) is 0. The molecule has 0 aromatic heterocycles. The molecule has 0 heterocycles. The second-order valence-corrected chi connectivity index (χ2v) is 8.07. The molecule has 0 saturated carbocycles. The van der Waals surface area contributed by atoms with Gasteiger partial charge in [0.25, 0.3) is 7.82 Å². The summed E-state index contributed by atoms with van der Waals surface area (Å²) in [7, 11) is -4.27. The van der Waals surface area contributed by atoms with E-state index in [-0.39, 0.29) is 36.2 Å². The number of hydrogen-bond acceptors (Lipinski definition) is 5. The molecule has 0 aromatic carbocycles. The van der Waals surface area contributed by atoms with E-state index in [0.717, 1.165) is 12.8 Å². The summed E-state index contributed by atoms with van der Waals surface area (Å²) in [5, 5.41) is 0. The summed E-state index contributed by atoms with van der Waals surface area (Å²) in [6.07, 6.45) is 18.6. The van der Waals surface area contributed by atoms with Crippen molar-refractivity contribution >= 4 is 7.82 Å². The predicted octanol–water partition coefficient (Wildman–Crippen LogP) is 3.31. The number of rotatable bonds is 20. The minimum Gasteiger partial charge on any atom is -0.754 e. The van der Waals surface area contributed by atoms with Gasteiger partial charge in [-0.2, -0.15) is 4.67 Å². The van der Waals surface area contributed by atoms with Gasteiger partial charge < -0.3 is 9.42 Å². The quantitative estimate of drug-likeness (QED) is 0.103. The fourth-order valence-electron chi connectivity index (χ4n) is 2.68. The Morgan fingerprint density at radius 1 is 0.654 bits per heavy atom. The second-order valence-electron chi connectivity index (χ2n) is 6.77. The summed E-state index contributed by atoms with van der Waals surface area (Å²) in [6.45, 7) is 4.51. The third-order valence-corrected chi connectivity index (χ3v) is 4.97. The van der Waals surface area contributed by atoms with E-state index in [0.29, 0.717) is 13.0 Å². The van der Waals surface area contributed by atoms with Gasteiger partial charge in [-0.3, -0.25) is 4.57 Å². The summed E-state index contributed by atoms with van der Waals surface area (Å²) in [5.74, 6) is 0. The van der Waals surface area contributed by atoms with Gasteiger partial charge in [0.05, 0.1) is 13.2 Å². The first-order valence-electron chi connectivity index (χ1n) is 10.4. The van der Waals surface area contributed by atoms with Crippen LogP contribution < -0.4 is 34.5 Å². The summed E-state index contributed by atoms with van der Waals surface area (Å²) >= 11 is 0. The molecular weight excluding hydrogens is 362 g/mol. The van der Waals surface area contributed by atoms with Gasteiger partial charge in [0.15, 0.2) is 0 Å². The van der Waals surface area contributed by atoms with E-state index in [1.807, 2.05) is 6.92 Å². The molecule has 0 fully saturated rings. The van der Waals surface area contributed by atoms with Crippen LogP contribution >= 0.6 is 7.82 Å². The molecule has 0 aliphatic carbocycles. The van der Waals surface area contributed by atoms with Crippen molar-refractivity contribution in [2.45, 2.75) is 110 Å². The first kappa shape index (κ1) is 29.3. The molecular formula is C19H40NaO5P. The topological polar surface area (TPSA) is 67.8 Å². The van der Waals surface area contributed by atoms with Crippen LogP contribution in [0.4, 0.5) is 0 Å². The van der Waals surface area contributed by atoms with Crippen LogP contribution in [0.2, 0.25) is 0 Å². The summed E-state index contributed by atoms with van der Waals surface area (Å²) in [4.78, 5) is 15.9. The van der Waals surface area contributed by atoms with Crippen LogP contribution in [0.5, 0.6) is 0 Å². The smallest absolute Gasteiger partial charge is 0.754 e. The minimum absolute atomic E-state index is 0. The zero-order valence-electron chi connectivity index (χ0n) is 17.5. The zero-order valence-corrected chi connectivity index (χ0v) is 20.4. The summed E-state index contributed by atoms with van der Waals surface area (Å²) < 4.78 is 20.1. The van der Waals surface area contributed by atoms with Gasteiger partial charge >= 0.3 is 29.6 Å². The van der Waals surface area contributed by atoms with Crippen molar-refractivity contribution in [1.29, 1.82) is 0 Å². The molecule has 0 amide bonds. The molecule has 152 valence electrons. The summed E-state index contributed by atoms with van der Waals surface area (Å²) in [5.41, 5.74) is 0. The van der Waals surface area contributed by atoms with Gasteiger partial charge in [-0.05, 0) is 12.8 Å². The second kappa shape index (κ2) is 22.4. The van der Waals surface area contributed by atoms with Gasteiger partial charge in [0.1, 0.15) is 0 Å². The Morgan fingerprint density at radius 3 is 1.50 bits per heavy atom. The number of phosphoric acid groups is 1. The normalized spacial score (nSPS) is 13.3. The standard InChI is InChI=1S/C19H41O5P.Na/c1-3-5-6-7-8-9-10-11-12-13-14-15-16-17-19-22-24-25(20,21)23-18-4-2;/h3-19H2,1-2H3,(H,20,21);/q;+1/p-1. The first-order valence-corrected chi connectivity index (χ1v) is 11.8. The van der Waals surface area contributed by atoms with E-state index < -0.39 is 7.82 Å². The van der Waals surface area contributed by atoms with E-state index in [2.05, 4.69) is 16.1 Å². The first-order chi connectivity index (χ1) is 12.1. The van der Waals surface area contributed by atoms with Gasteiger partial charge in [-0.1, -0.05) is 97.3 Å². The zero-order chi connectivity index (χ0) is 18.6. The monoisotopic (exact) mass is 402 g/mol. The molecule has 0 rings (SSSR count). The van der Waals surface area contributed by atoms with Crippen LogP contribution in [-0.2, 0) is 18.7 Å². The van der Waals surface area contributed by atoms with Crippen LogP contribution in [0.3, 0.4) is 0 Å². The summed E-state index contributed by atoms with van der Waals surface area (Å²) in [6, 6.07) is 0. The molecule has 0 saturated heterocycles. The molecule has 0 bridgehead atoms. The molecule has 0 spiro atoms. The van der Waals surface area contributed by atoms with Crippen LogP contribution in [0, 0.1) is 0 Å². The molecule has 0 radical (unpaired) electrons. The molecule has 0 N–H and O–H groups in total. The predicted molar refractivity (Wildman–Crippen MR) is 101 cm³/mol. The largest absolute Gasteiger partial charge is 1.00 e. The Hall–Kier alpha value is 1.07. The van der Waals surface area contributed by atoms with Crippen molar-refractivity contribution in [2.75, 3.05) is 13.2 Å². The fourth-order valence-corrected chi connectivity index (χ4v) is 3.33. The molecule has 0 aliphatic heterocycles. The number of phosphoric ester groups is 1. The molecule has 1 unspecified atom stereocenters. The Kier molecular flexibility index (Phi) is 25.2. The van der Waals surface area contributed by atoms with Crippen molar-refractivity contribution < 1.29 is 53.1 Å². The third kappa shape index (κ3) is 23.1. The third-order valence-electron chi connectivity index (χ3n) is 4.18. The Balaban J connectivity index is 0. The molecule has 26 heavy (non-hydrogen) atoms. The average molecular weight is 402 g/mol. The minimum atomic E-state index is -4.27. The molecule has 0 aliphatic rings. The van der Waals surface area contributed by atoms with Gasteiger partial charge in [0.2, 0.25) is 0 Å². The maximum atomic E-state index is 11.2. The maximum absolute atomic E-state index is 11.2. The van der Waals surface area contributed by atoms with Gasteiger partial charge in [-0.25, -0.2) is 4.89 Å². The van der Waals surface area contributed by atoms with E-state index in [1.165, 1.54) is 77.0 Å². The van der Waals surface area contributed by atoms with Gasteiger partial charge in [-0.15, -0.1) is 0 Å². The van der Waals surface area contributed by atoms with E-state index >= 15 is 0 Å². The van der Waals surface area contributed by atoms with Crippen molar-refractivity contribution in [2.24, 2.45) is 0 Å². The molecule has 0 aromatic rings. The van der Waals surface area contributed by atoms with E-state index in [4.69, 9.17) is 4.89 Å². The molecule has 1 atom stereocenters. The average Bonchev–Trinajstić information content (AvgIpc) is 2.59. The maximum Gasteiger partial charge on any atom is 1.00 e. The van der Waals surface area contributed by atoms with Crippen molar-refractivity contribution in [3.05, 3.63) is 0 Å². The fraction of sp³-hybridized carbons (Fsp3) is 1.00. The SMILES string of the molecule is CCCCCCCCCCCCCCCCOOP(=O)([O-])OCCC.[Na+]. The van der Waals surface area contributed by atoms with Crippen LogP contribution in [0.1, 0.15) is 110 Å². The van der Waals surface area contributed by atoms with Crippen molar-refractivity contribution in [1.82, 2.24) is 0 Å². The van der Waals surface area contributed by atoms with E-state index in [1.54, 1.807) is 0 Å². The Labute approximate surface area is 183 Å². The van der Waals surface area contributed by atoms with Crippen LogP contribution in [0.25, 0.3) is 0 Å². The van der Waals surface area contributed by atoms with Crippen molar-refractivity contribution in [3.63, 3.8) is 0 Å².